The number of hydrogen-bond donors (Lipinski definition) is 10. The van der Waals surface area contributed by atoms with Crippen LogP contribution >= 0.6 is 35.2 Å². The molecule has 0 spiro atoms. The second-order valence-corrected chi connectivity index (χ2v) is 19.7. The van der Waals surface area contributed by atoms with Gasteiger partial charge in [-0.25, -0.2) is 28.6 Å². The minimum absolute atomic E-state index is 0.0221. The number of phosphoric acid groups is 3. The number of carbonyl (C=O) groups excluding carboxylic acids is 3. The Labute approximate surface area is 348 Å². The number of phosphoric ester groups is 3. The third-order valence-corrected chi connectivity index (χ3v) is 12.8. The minimum atomic E-state index is -5.58. The first-order valence-electron chi connectivity index (χ1n) is 18.7. The molecule has 3 rings (SSSR count). The molecule has 1 saturated heterocycles. The number of fused-ring (bicyclic) bond motifs is 1. The van der Waals surface area contributed by atoms with Crippen LogP contribution in [0, 0.1) is 5.41 Å². The van der Waals surface area contributed by atoms with Crippen molar-refractivity contribution in [3.8, 4) is 0 Å². The van der Waals surface area contributed by atoms with E-state index in [2.05, 4.69) is 41.3 Å². The molecular weight excluding hydrogens is 883 g/mol. The first-order valence-corrected chi connectivity index (χ1v) is 24.2. The number of aliphatic hydroxyl groups excluding tert-OH is 3. The quantitative estimate of drug-likeness (QED) is 0.0437. The van der Waals surface area contributed by atoms with E-state index in [9.17, 15) is 63.0 Å². The Morgan fingerprint density at radius 1 is 1.00 bits per heavy atom. The van der Waals surface area contributed by atoms with Gasteiger partial charge >= 0.3 is 23.5 Å². The molecule has 2 aromatic rings. The van der Waals surface area contributed by atoms with E-state index in [0.29, 0.717) is 6.42 Å². The molecule has 8 unspecified atom stereocenters. The van der Waals surface area contributed by atoms with E-state index in [4.69, 9.17) is 19.5 Å². The summed E-state index contributed by atoms with van der Waals surface area (Å²) in [6.45, 7) is 2.50. The average Bonchev–Trinajstić information content (AvgIpc) is 3.71. The predicted molar refractivity (Wildman–Crippen MR) is 211 cm³/mol. The molecule has 25 nitrogen and oxygen atoms in total. The van der Waals surface area contributed by atoms with Crippen molar-refractivity contribution < 1.29 is 85.6 Å². The molecule has 0 radical (unpaired) electrons. The van der Waals surface area contributed by atoms with Gasteiger partial charge in [-0.2, -0.15) is 4.31 Å². The van der Waals surface area contributed by atoms with Crippen molar-refractivity contribution in [3.05, 3.63) is 12.7 Å². The van der Waals surface area contributed by atoms with E-state index in [1.807, 2.05) is 0 Å². The normalized spacial score (nSPS) is 21.6. The zero-order valence-electron chi connectivity index (χ0n) is 33.0. The largest absolute Gasteiger partial charge is 0.481 e. The van der Waals surface area contributed by atoms with Crippen LogP contribution in [0.25, 0.3) is 11.2 Å². The number of amides is 2. The number of nitrogens with zero attached hydrogens (tertiary/aromatic N) is 4. The zero-order chi connectivity index (χ0) is 44.9. The van der Waals surface area contributed by atoms with Crippen LogP contribution in [-0.2, 0) is 50.7 Å². The standard InChI is InChI=1S/C31H54N7O18P3S/c1-4-5-6-7-8-9-19(39)14-22(41)60-13-12-33-21(40)10-11-34-29(44)26(43)31(2,3)16-53-59(50,51)56-58(48,49)52-15-20-25(55-57(45,46)47)24(42)30(54-20)38-18-37-23-27(32)35-17-36-28(23)38/h17-20,24-26,30,39,42-43H,4-16H2,1-3H3,(H,33,40)(H,34,44)(H,48,49)(H,50,51)(H2,32,35,36)(H2,45,46,47). The zero-order valence-corrected chi connectivity index (χ0v) is 36.5. The van der Waals surface area contributed by atoms with Crippen LogP contribution in [0.3, 0.4) is 0 Å². The summed E-state index contributed by atoms with van der Waals surface area (Å²) < 4.78 is 62.2. The number of aliphatic hydroxyl groups is 3. The number of unbranched alkanes of at least 4 members (excludes halogenated alkanes) is 4. The molecule has 1 aliphatic heterocycles. The molecule has 0 aliphatic carbocycles. The maximum absolute atomic E-state index is 12.7. The molecular formula is C31H54N7O18P3S. The van der Waals surface area contributed by atoms with Gasteiger partial charge in [-0.3, -0.25) is 32.5 Å². The Balaban J connectivity index is 1.42. The van der Waals surface area contributed by atoms with Crippen molar-refractivity contribution >= 4 is 69.1 Å². The number of thioether (sulfide) groups is 1. The molecule has 1 aliphatic rings. The highest BCUT2D eigenvalue weighted by Crippen LogP contribution is 2.61. The summed E-state index contributed by atoms with van der Waals surface area (Å²) >= 11 is 0.986. The molecule has 2 amide bonds. The number of ether oxygens (including phenoxy) is 1. The van der Waals surface area contributed by atoms with E-state index in [-0.39, 0.29) is 53.8 Å². The van der Waals surface area contributed by atoms with Gasteiger partial charge in [-0.15, -0.1) is 0 Å². The first-order chi connectivity index (χ1) is 27.9. The number of nitrogens with two attached hydrogens (primary N) is 1. The Kier molecular flexibility index (Phi) is 20.1. The van der Waals surface area contributed by atoms with Gasteiger partial charge in [0.15, 0.2) is 22.8 Å². The lowest BCUT2D eigenvalue weighted by atomic mass is 9.87. The molecule has 342 valence electrons. The fourth-order valence-electron chi connectivity index (χ4n) is 5.63. The summed E-state index contributed by atoms with van der Waals surface area (Å²) in [4.78, 5) is 87.9. The molecule has 11 N–H and O–H groups in total. The molecule has 1 fully saturated rings. The van der Waals surface area contributed by atoms with Crippen LogP contribution < -0.4 is 16.4 Å². The number of carbonyl (C=O) groups is 3. The monoisotopic (exact) mass is 937 g/mol. The average molecular weight is 938 g/mol. The third-order valence-electron chi connectivity index (χ3n) is 8.81. The van der Waals surface area contributed by atoms with Crippen molar-refractivity contribution in [3.63, 3.8) is 0 Å². The summed E-state index contributed by atoms with van der Waals surface area (Å²) in [6.07, 6.45) is -1.92. The number of aromatic nitrogens is 4. The highest BCUT2D eigenvalue weighted by molar-refractivity contribution is 8.13. The Morgan fingerprint density at radius 3 is 2.37 bits per heavy atom. The van der Waals surface area contributed by atoms with E-state index < -0.39 is 90.7 Å². The number of nitrogen functional groups attached to an aromatic ring is 1. The van der Waals surface area contributed by atoms with Crippen LogP contribution in [0.1, 0.15) is 78.4 Å². The second-order valence-electron chi connectivity index (χ2n) is 14.4. The summed E-state index contributed by atoms with van der Waals surface area (Å²) in [6, 6.07) is 0. The molecule has 0 aromatic carbocycles. The van der Waals surface area contributed by atoms with Crippen molar-refractivity contribution in [1.29, 1.82) is 0 Å². The molecule has 8 atom stereocenters. The number of imidazole rings is 1. The maximum atomic E-state index is 12.7. The van der Waals surface area contributed by atoms with Gasteiger partial charge < -0.3 is 56.0 Å². The molecule has 3 heterocycles. The van der Waals surface area contributed by atoms with Crippen LogP contribution in [0.2, 0.25) is 0 Å². The fourth-order valence-corrected chi connectivity index (χ4v) is 9.20. The van der Waals surface area contributed by atoms with Crippen LogP contribution in [0.5, 0.6) is 0 Å². The van der Waals surface area contributed by atoms with Gasteiger partial charge in [0.2, 0.25) is 11.8 Å². The molecule has 0 bridgehead atoms. The van der Waals surface area contributed by atoms with E-state index in [1.54, 1.807) is 0 Å². The number of anilines is 1. The van der Waals surface area contributed by atoms with E-state index in [0.717, 1.165) is 61.1 Å². The highest BCUT2D eigenvalue weighted by atomic mass is 32.2. The minimum Gasteiger partial charge on any atom is -0.393 e. The second kappa shape index (κ2) is 23.3. The van der Waals surface area contributed by atoms with Gasteiger partial charge in [-0.1, -0.05) is 64.6 Å². The third kappa shape index (κ3) is 17.0. The van der Waals surface area contributed by atoms with Crippen LogP contribution in [-0.4, -0.2) is 134 Å². The van der Waals surface area contributed by atoms with Gasteiger partial charge in [0, 0.05) is 37.1 Å². The van der Waals surface area contributed by atoms with Crippen molar-refractivity contribution in [2.24, 2.45) is 5.41 Å². The summed E-state index contributed by atoms with van der Waals surface area (Å²) in [5.41, 5.74) is 4.25. The molecule has 0 saturated carbocycles. The van der Waals surface area contributed by atoms with Gasteiger partial charge in [0.25, 0.3) is 0 Å². The molecule has 2 aromatic heterocycles. The van der Waals surface area contributed by atoms with E-state index in [1.165, 1.54) is 13.8 Å². The Hall–Kier alpha value is -2.48. The fraction of sp³-hybridized carbons (Fsp3) is 0.742. The van der Waals surface area contributed by atoms with Crippen LogP contribution in [0.15, 0.2) is 12.7 Å². The van der Waals surface area contributed by atoms with Gasteiger partial charge in [0.1, 0.15) is 36.3 Å². The number of rotatable bonds is 27. The number of hydrogen-bond acceptors (Lipinski definition) is 19. The van der Waals surface area contributed by atoms with Crippen molar-refractivity contribution in [2.45, 2.75) is 109 Å². The van der Waals surface area contributed by atoms with E-state index >= 15 is 0 Å². The Bertz CT molecular complexity index is 1890. The predicted octanol–water partition coefficient (Wildman–Crippen LogP) is 0.776. The lowest BCUT2D eigenvalue weighted by Crippen LogP contribution is -2.46. The summed E-state index contributed by atoms with van der Waals surface area (Å²) in [5.74, 6) is -1.23. The lowest BCUT2D eigenvalue weighted by molar-refractivity contribution is -0.137. The number of nitrogens with one attached hydrogen (secondary N) is 2. The SMILES string of the molecule is CCCCCCCC(O)CC(=O)SCCNC(=O)CCNC(=O)C(O)C(C)(C)COP(=O)(O)OP(=O)(O)OCC1OC(n2cnc3c(N)ncnc32)C(O)C1OP(=O)(O)O. The molecule has 29 heteroatoms. The summed E-state index contributed by atoms with van der Waals surface area (Å²) in [7, 11) is -16.4. The lowest BCUT2D eigenvalue weighted by Gasteiger charge is -2.30. The topological polar surface area (TPSA) is 384 Å². The Morgan fingerprint density at radius 2 is 1.68 bits per heavy atom. The highest BCUT2D eigenvalue weighted by Gasteiger charge is 2.50. The molecule has 60 heavy (non-hydrogen) atoms. The summed E-state index contributed by atoms with van der Waals surface area (Å²) in [5, 5.41) is 36.3. The smallest absolute Gasteiger partial charge is 0.393 e. The van der Waals surface area contributed by atoms with Crippen molar-refractivity contribution in [2.75, 3.05) is 37.8 Å². The first kappa shape index (κ1) is 51.9. The maximum Gasteiger partial charge on any atom is 0.481 e. The van der Waals surface area contributed by atoms with Crippen LogP contribution in [0.4, 0.5) is 5.82 Å². The van der Waals surface area contributed by atoms with Gasteiger partial charge in [0.05, 0.1) is 25.6 Å². The van der Waals surface area contributed by atoms with Crippen molar-refractivity contribution in [1.82, 2.24) is 30.2 Å². The van der Waals surface area contributed by atoms with Gasteiger partial charge in [-0.05, 0) is 6.42 Å².